The largest absolute Gasteiger partial charge is 0.322 e. The first kappa shape index (κ1) is 14.3. The van der Waals surface area contributed by atoms with Crippen molar-refractivity contribution in [1.82, 2.24) is 0 Å². The van der Waals surface area contributed by atoms with Gasteiger partial charge in [0.1, 0.15) is 5.82 Å². The standard InChI is InChI=1S/C17H18FNO/c1-17(2,3)14-9-4-5-10-15(14)19-16(20)12-7-6-8-13(18)11-12/h4-11H,1-3H3,(H,19,20). The molecular formula is C17H18FNO. The summed E-state index contributed by atoms with van der Waals surface area (Å²) in [5.41, 5.74) is 2.04. The Hall–Kier alpha value is -2.16. The van der Waals surface area contributed by atoms with Crippen LogP contribution in [0.15, 0.2) is 48.5 Å². The summed E-state index contributed by atoms with van der Waals surface area (Å²) in [6, 6.07) is 13.3. The van der Waals surface area contributed by atoms with Crippen LogP contribution < -0.4 is 5.32 Å². The maximum atomic E-state index is 13.2. The number of nitrogens with one attached hydrogen (secondary N) is 1. The highest BCUT2D eigenvalue weighted by molar-refractivity contribution is 6.04. The van der Waals surface area contributed by atoms with Gasteiger partial charge in [-0.05, 0) is 35.2 Å². The number of hydrogen-bond donors (Lipinski definition) is 1. The third-order valence-corrected chi connectivity index (χ3v) is 3.07. The van der Waals surface area contributed by atoms with Crippen molar-refractivity contribution in [1.29, 1.82) is 0 Å². The molecule has 2 rings (SSSR count). The maximum absolute atomic E-state index is 13.2. The van der Waals surface area contributed by atoms with Gasteiger partial charge in [0.25, 0.3) is 5.91 Å². The lowest BCUT2D eigenvalue weighted by Gasteiger charge is -2.23. The lowest BCUT2D eigenvalue weighted by Crippen LogP contribution is -2.18. The van der Waals surface area contributed by atoms with Crippen molar-refractivity contribution in [2.45, 2.75) is 26.2 Å². The molecule has 0 radical (unpaired) electrons. The van der Waals surface area contributed by atoms with Gasteiger partial charge in [0, 0.05) is 11.3 Å². The van der Waals surface area contributed by atoms with E-state index in [2.05, 4.69) is 26.1 Å². The summed E-state index contributed by atoms with van der Waals surface area (Å²) < 4.78 is 13.2. The smallest absolute Gasteiger partial charge is 0.255 e. The molecule has 2 aromatic carbocycles. The number of carbonyl (C=O) groups is 1. The fraction of sp³-hybridized carbons (Fsp3) is 0.235. The number of anilines is 1. The van der Waals surface area contributed by atoms with Gasteiger partial charge in [-0.1, -0.05) is 45.0 Å². The number of benzene rings is 2. The highest BCUT2D eigenvalue weighted by Crippen LogP contribution is 2.29. The van der Waals surface area contributed by atoms with Crippen molar-refractivity contribution in [3.63, 3.8) is 0 Å². The Bertz CT molecular complexity index is 629. The zero-order valence-electron chi connectivity index (χ0n) is 11.9. The maximum Gasteiger partial charge on any atom is 0.255 e. The van der Waals surface area contributed by atoms with Crippen molar-refractivity contribution in [2.75, 3.05) is 5.32 Å². The Balaban J connectivity index is 2.29. The van der Waals surface area contributed by atoms with Gasteiger partial charge in [0.05, 0.1) is 0 Å². The predicted molar refractivity (Wildman–Crippen MR) is 79.5 cm³/mol. The summed E-state index contributed by atoms with van der Waals surface area (Å²) in [5.74, 6) is -0.719. The van der Waals surface area contributed by atoms with Crippen LogP contribution in [0.2, 0.25) is 0 Å². The monoisotopic (exact) mass is 271 g/mol. The summed E-state index contributed by atoms with van der Waals surface area (Å²) in [4.78, 5) is 12.2. The number of carbonyl (C=O) groups excluding carboxylic acids is 1. The lowest BCUT2D eigenvalue weighted by atomic mass is 9.86. The summed E-state index contributed by atoms with van der Waals surface area (Å²) in [6.07, 6.45) is 0. The molecule has 0 spiro atoms. The molecule has 0 aliphatic rings. The molecule has 0 heterocycles. The quantitative estimate of drug-likeness (QED) is 0.863. The van der Waals surface area contributed by atoms with E-state index in [1.807, 2.05) is 24.3 Å². The van der Waals surface area contributed by atoms with E-state index in [0.717, 1.165) is 11.3 Å². The number of rotatable bonds is 2. The molecule has 2 nitrogen and oxygen atoms in total. The van der Waals surface area contributed by atoms with E-state index in [1.54, 1.807) is 6.07 Å². The Morgan fingerprint density at radius 1 is 1.05 bits per heavy atom. The van der Waals surface area contributed by atoms with Gasteiger partial charge in [-0.25, -0.2) is 4.39 Å². The van der Waals surface area contributed by atoms with Crippen LogP contribution in [-0.4, -0.2) is 5.91 Å². The number of halogens is 1. The minimum absolute atomic E-state index is 0.0776. The van der Waals surface area contributed by atoms with Crippen LogP contribution in [0.3, 0.4) is 0 Å². The Labute approximate surface area is 118 Å². The van der Waals surface area contributed by atoms with Gasteiger partial charge in [-0.2, -0.15) is 0 Å². The minimum Gasteiger partial charge on any atom is -0.322 e. The van der Waals surface area contributed by atoms with Crippen LogP contribution in [0.1, 0.15) is 36.7 Å². The third-order valence-electron chi connectivity index (χ3n) is 3.07. The molecule has 0 aliphatic heterocycles. The average Bonchev–Trinajstić information content (AvgIpc) is 2.38. The van der Waals surface area contributed by atoms with Crippen LogP contribution in [0.4, 0.5) is 10.1 Å². The van der Waals surface area contributed by atoms with Crippen molar-refractivity contribution in [3.05, 3.63) is 65.5 Å². The van der Waals surface area contributed by atoms with Gasteiger partial charge in [-0.3, -0.25) is 4.79 Å². The van der Waals surface area contributed by atoms with Crippen LogP contribution in [-0.2, 0) is 5.41 Å². The first-order chi connectivity index (χ1) is 9.38. The van der Waals surface area contributed by atoms with E-state index in [4.69, 9.17) is 0 Å². The molecule has 0 aromatic heterocycles. The second-order valence-electron chi connectivity index (χ2n) is 5.76. The number of para-hydroxylation sites is 1. The summed E-state index contributed by atoms with van der Waals surface area (Å²) >= 11 is 0. The van der Waals surface area contributed by atoms with Crippen LogP contribution >= 0.6 is 0 Å². The van der Waals surface area contributed by atoms with Gasteiger partial charge >= 0.3 is 0 Å². The molecule has 3 heteroatoms. The Morgan fingerprint density at radius 3 is 2.40 bits per heavy atom. The molecule has 104 valence electrons. The summed E-state index contributed by atoms with van der Waals surface area (Å²) in [7, 11) is 0. The molecule has 0 saturated carbocycles. The summed E-state index contributed by atoms with van der Waals surface area (Å²) in [5, 5.41) is 2.85. The SMILES string of the molecule is CC(C)(C)c1ccccc1NC(=O)c1cccc(F)c1. The molecule has 1 amide bonds. The van der Waals surface area contributed by atoms with Gasteiger partial charge in [0.15, 0.2) is 0 Å². The van der Waals surface area contributed by atoms with Crippen molar-refractivity contribution < 1.29 is 9.18 Å². The molecule has 2 aromatic rings. The van der Waals surface area contributed by atoms with E-state index in [0.29, 0.717) is 5.56 Å². The van der Waals surface area contributed by atoms with E-state index >= 15 is 0 Å². The first-order valence-corrected chi connectivity index (χ1v) is 6.54. The van der Waals surface area contributed by atoms with E-state index in [1.165, 1.54) is 18.2 Å². The third kappa shape index (κ3) is 3.23. The average molecular weight is 271 g/mol. The fourth-order valence-corrected chi connectivity index (χ4v) is 2.07. The second-order valence-corrected chi connectivity index (χ2v) is 5.76. The molecule has 0 aliphatic carbocycles. The first-order valence-electron chi connectivity index (χ1n) is 6.54. The zero-order valence-corrected chi connectivity index (χ0v) is 11.9. The zero-order chi connectivity index (χ0) is 14.8. The molecule has 0 fully saturated rings. The Kier molecular flexibility index (Phi) is 3.89. The topological polar surface area (TPSA) is 29.1 Å². The van der Waals surface area contributed by atoms with Gasteiger partial charge in [0.2, 0.25) is 0 Å². The van der Waals surface area contributed by atoms with Crippen molar-refractivity contribution >= 4 is 11.6 Å². The normalized spacial score (nSPS) is 11.2. The summed E-state index contributed by atoms with van der Waals surface area (Å²) in [6.45, 7) is 6.25. The molecular weight excluding hydrogens is 253 g/mol. The lowest BCUT2D eigenvalue weighted by molar-refractivity contribution is 0.102. The van der Waals surface area contributed by atoms with E-state index in [9.17, 15) is 9.18 Å². The highest BCUT2D eigenvalue weighted by Gasteiger charge is 2.18. The highest BCUT2D eigenvalue weighted by atomic mass is 19.1. The van der Waals surface area contributed by atoms with Gasteiger partial charge < -0.3 is 5.32 Å². The minimum atomic E-state index is -0.415. The molecule has 0 saturated heterocycles. The Morgan fingerprint density at radius 2 is 1.75 bits per heavy atom. The van der Waals surface area contributed by atoms with E-state index in [-0.39, 0.29) is 11.3 Å². The molecule has 20 heavy (non-hydrogen) atoms. The fourth-order valence-electron chi connectivity index (χ4n) is 2.07. The van der Waals surface area contributed by atoms with E-state index < -0.39 is 5.82 Å². The van der Waals surface area contributed by atoms with Crippen molar-refractivity contribution in [2.24, 2.45) is 0 Å². The van der Waals surface area contributed by atoms with Gasteiger partial charge in [-0.15, -0.1) is 0 Å². The predicted octanol–water partition coefficient (Wildman–Crippen LogP) is 4.38. The molecule has 1 N–H and O–H groups in total. The van der Waals surface area contributed by atoms with Crippen LogP contribution in [0, 0.1) is 5.82 Å². The number of hydrogen-bond acceptors (Lipinski definition) is 1. The van der Waals surface area contributed by atoms with Crippen molar-refractivity contribution in [3.8, 4) is 0 Å². The molecule has 0 atom stereocenters. The number of amides is 1. The van der Waals surface area contributed by atoms with Crippen LogP contribution in [0.25, 0.3) is 0 Å². The van der Waals surface area contributed by atoms with Crippen LogP contribution in [0.5, 0.6) is 0 Å². The molecule has 0 bridgehead atoms. The molecule has 0 unspecified atom stereocenters. The second kappa shape index (κ2) is 5.45.